The lowest BCUT2D eigenvalue weighted by atomic mass is 10.2. The van der Waals surface area contributed by atoms with Gasteiger partial charge in [-0.1, -0.05) is 42.1 Å². The van der Waals surface area contributed by atoms with E-state index < -0.39 is 6.10 Å². The number of thioether (sulfide) groups is 1. The lowest BCUT2D eigenvalue weighted by molar-refractivity contribution is 0.0821. The number of nitrogens with zero attached hydrogens (tertiary/aromatic N) is 6. The third-order valence-electron chi connectivity index (χ3n) is 5.35. The van der Waals surface area contributed by atoms with Crippen molar-refractivity contribution in [3.63, 3.8) is 0 Å². The van der Waals surface area contributed by atoms with Gasteiger partial charge in [0.05, 0.1) is 22.7 Å². The van der Waals surface area contributed by atoms with Crippen molar-refractivity contribution in [1.82, 2.24) is 24.3 Å². The maximum absolute atomic E-state index is 12.9. The van der Waals surface area contributed by atoms with E-state index in [1.54, 1.807) is 24.3 Å². The summed E-state index contributed by atoms with van der Waals surface area (Å²) in [5.41, 5.74) is 0.361. The summed E-state index contributed by atoms with van der Waals surface area (Å²) in [6.45, 7) is 4.56. The first-order valence-electron chi connectivity index (χ1n) is 10.6. The van der Waals surface area contributed by atoms with Crippen LogP contribution in [0, 0.1) is 11.3 Å². The maximum atomic E-state index is 12.9. The summed E-state index contributed by atoms with van der Waals surface area (Å²) < 4.78 is 15.3. The second-order valence-electron chi connectivity index (χ2n) is 7.49. The van der Waals surface area contributed by atoms with Gasteiger partial charge in [0.25, 0.3) is 5.56 Å². The number of aromatic nitrogens is 5. The highest BCUT2D eigenvalue weighted by Crippen LogP contribution is 2.36. The van der Waals surface area contributed by atoms with E-state index in [9.17, 15) is 10.1 Å². The molecule has 4 aromatic rings. The Morgan fingerprint density at radius 1 is 1.15 bits per heavy atom. The number of para-hydroxylation sites is 3. The lowest BCUT2D eigenvalue weighted by Gasteiger charge is -2.26. The summed E-state index contributed by atoms with van der Waals surface area (Å²) >= 11 is 1.38. The fourth-order valence-electron chi connectivity index (χ4n) is 3.78. The number of benzene rings is 2. The highest BCUT2D eigenvalue weighted by Gasteiger charge is 2.28. The van der Waals surface area contributed by atoms with Crippen LogP contribution in [-0.2, 0) is 18.8 Å². The molecule has 2 aromatic carbocycles. The van der Waals surface area contributed by atoms with Crippen molar-refractivity contribution in [1.29, 1.82) is 5.26 Å². The number of ether oxygens (including phenoxy) is 2. The van der Waals surface area contributed by atoms with Gasteiger partial charge in [-0.3, -0.25) is 13.9 Å². The average molecular weight is 473 g/mol. The topological polar surface area (TPSA) is 108 Å². The molecule has 2 aromatic heterocycles. The van der Waals surface area contributed by atoms with Crippen LogP contribution in [0.15, 0.2) is 71.1 Å². The molecule has 0 saturated carbocycles. The Hall–Kier alpha value is -4.10. The number of nitriles is 1. The minimum absolute atomic E-state index is 0.0795. The summed E-state index contributed by atoms with van der Waals surface area (Å²) in [7, 11) is 0. The van der Waals surface area contributed by atoms with Gasteiger partial charge in [-0.05, 0) is 24.3 Å². The molecule has 1 aliphatic rings. The molecule has 0 bridgehead atoms. The van der Waals surface area contributed by atoms with Crippen LogP contribution >= 0.6 is 11.8 Å². The van der Waals surface area contributed by atoms with Crippen molar-refractivity contribution >= 4 is 22.7 Å². The van der Waals surface area contributed by atoms with E-state index in [2.05, 4.69) is 27.8 Å². The quantitative estimate of drug-likeness (QED) is 0.297. The molecule has 5 rings (SSSR count). The molecule has 1 atom stereocenters. The molecule has 1 aliphatic heterocycles. The van der Waals surface area contributed by atoms with Gasteiger partial charge in [0, 0.05) is 6.54 Å². The molecule has 34 heavy (non-hydrogen) atoms. The van der Waals surface area contributed by atoms with Gasteiger partial charge in [0.2, 0.25) is 0 Å². The lowest BCUT2D eigenvalue weighted by Crippen LogP contribution is -2.25. The first-order valence-corrected chi connectivity index (χ1v) is 11.6. The van der Waals surface area contributed by atoms with E-state index in [1.807, 2.05) is 34.9 Å². The van der Waals surface area contributed by atoms with Crippen LogP contribution in [-0.4, -0.2) is 30.9 Å². The van der Waals surface area contributed by atoms with E-state index in [0.29, 0.717) is 58.1 Å². The van der Waals surface area contributed by atoms with Crippen LogP contribution in [0.2, 0.25) is 0 Å². The zero-order valence-corrected chi connectivity index (χ0v) is 18.9. The predicted octanol–water partition coefficient (Wildman–Crippen LogP) is 3.50. The van der Waals surface area contributed by atoms with Gasteiger partial charge in [-0.25, -0.2) is 4.98 Å². The van der Waals surface area contributed by atoms with Gasteiger partial charge in [-0.15, -0.1) is 16.8 Å². The zero-order chi connectivity index (χ0) is 23.5. The molecule has 0 fully saturated rings. The van der Waals surface area contributed by atoms with Crippen LogP contribution in [0.4, 0.5) is 0 Å². The molecule has 10 heteroatoms. The fourth-order valence-corrected chi connectivity index (χ4v) is 4.68. The van der Waals surface area contributed by atoms with Crippen molar-refractivity contribution in [3.05, 3.63) is 83.2 Å². The Balaban J connectivity index is 1.44. The Labute approximate surface area is 199 Å². The minimum atomic E-state index is -0.424. The smallest absolute Gasteiger partial charge is 0.262 e. The van der Waals surface area contributed by atoms with E-state index >= 15 is 0 Å². The van der Waals surface area contributed by atoms with E-state index in [0.717, 1.165) is 0 Å². The van der Waals surface area contributed by atoms with E-state index in [1.165, 1.54) is 16.3 Å². The van der Waals surface area contributed by atoms with Gasteiger partial charge in [-0.2, -0.15) is 5.26 Å². The van der Waals surface area contributed by atoms with Gasteiger partial charge < -0.3 is 9.47 Å². The maximum Gasteiger partial charge on any atom is 0.262 e. The molecule has 9 nitrogen and oxygen atoms in total. The average Bonchev–Trinajstić information content (AvgIpc) is 3.27. The Morgan fingerprint density at radius 2 is 1.94 bits per heavy atom. The molecule has 0 amide bonds. The molecule has 170 valence electrons. The highest BCUT2D eigenvalue weighted by molar-refractivity contribution is 7.98. The number of hydrogen-bond donors (Lipinski definition) is 0. The molecule has 0 radical (unpaired) electrons. The standard InChI is InChI=1S/C24H20N6O3S/c1-2-12-30-22(20-14-32-18-9-5-6-10-19(18)33-20)27-28-24(30)34-15-21-26-17-8-4-3-7-16(17)23(31)29(21)13-11-25/h2-10,20H,1,12-15H2. The first-order chi connectivity index (χ1) is 16.7. The predicted molar refractivity (Wildman–Crippen MR) is 127 cm³/mol. The molecule has 0 N–H and O–H groups in total. The van der Waals surface area contributed by atoms with Gasteiger partial charge >= 0.3 is 0 Å². The van der Waals surface area contributed by atoms with Crippen LogP contribution in [0.1, 0.15) is 17.8 Å². The summed E-state index contributed by atoms with van der Waals surface area (Å²) in [6, 6.07) is 16.7. The van der Waals surface area contributed by atoms with E-state index in [-0.39, 0.29) is 12.1 Å². The largest absolute Gasteiger partial charge is 0.485 e. The van der Waals surface area contributed by atoms with Crippen LogP contribution < -0.4 is 15.0 Å². The fraction of sp³-hybridized carbons (Fsp3) is 0.208. The number of hydrogen-bond acceptors (Lipinski definition) is 8. The molecule has 1 unspecified atom stereocenters. The number of rotatable bonds is 7. The number of allylic oxidation sites excluding steroid dienone is 1. The second-order valence-corrected chi connectivity index (χ2v) is 8.43. The van der Waals surface area contributed by atoms with Crippen molar-refractivity contribution in [3.8, 4) is 17.6 Å². The normalized spacial score (nSPS) is 14.6. The SMILES string of the molecule is C=CCn1c(SCc2nc3ccccc3c(=O)n2CC#N)nnc1C1COc2ccccc2O1. The molecule has 3 heterocycles. The van der Waals surface area contributed by atoms with Crippen molar-refractivity contribution in [2.45, 2.75) is 30.1 Å². The molecule has 0 spiro atoms. The Bertz CT molecular complexity index is 1470. The highest BCUT2D eigenvalue weighted by atomic mass is 32.2. The van der Waals surface area contributed by atoms with Crippen molar-refractivity contribution in [2.24, 2.45) is 0 Å². The summed E-state index contributed by atoms with van der Waals surface area (Å²) in [6.07, 6.45) is 1.33. The first kappa shape index (κ1) is 21.7. The Kier molecular flexibility index (Phi) is 6.01. The van der Waals surface area contributed by atoms with Crippen LogP contribution in [0.5, 0.6) is 11.5 Å². The minimum Gasteiger partial charge on any atom is -0.485 e. The third kappa shape index (κ3) is 4.02. The number of fused-ring (bicyclic) bond motifs is 2. The molecule has 0 saturated heterocycles. The Morgan fingerprint density at radius 3 is 2.76 bits per heavy atom. The van der Waals surface area contributed by atoms with E-state index in [4.69, 9.17) is 9.47 Å². The van der Waals surface area contributed by atoms with Gasteiger partial charge in [0.1, 0.15) is 19.0 Å². The third-order valence-corrected chi connectivity index (χ3v) is 6.32. The summed E-state index contributed by atoms with van der Waals surface area (Å²) in [4.78, 5) is 17.6. The monoisotopic (exact) mass is 472 g/mol. The summed E-state index contributed by atoms with van der Waals surface area (Å²) in [5.74, 6) is 2.80. The summed E-state index contributed by atoms with van der Waals surface area (Å²) in [5, 5.41) is 19.1. The van der Waals surface area contributed by atoms with Crippen LogP contribution in [0.3, 0.4) is 0 Å². The second kappa shape index (κ2) is 9.41. The van der Waals surface area contributed by atoms with Gasteiger partial charge in [0.15, 0.2) is 28.6 Å². The zero-order valence-electron chi connectivity index (χ0n) is 18.1. The van der Waals surface area contributed by atoms with Crippen molar-refractivity contribution in [2.75, 3.05) is 6.61 Å². The molecule has 0 aliphatic carbocycles. The van der Waals surface area contributed by atoms with Crippen molar-refractivity contribution < 1.29 is 9.47 Å². The molecular weight excluding hydrogens is 452 g/mol. The van der Waals surface area contributed by atoms with Crippen LogP contribution in [0.25, 0.3) is 10.9 Å². The molecular formula is C24H20N6O3S.